The maximum Gasteiger partial charge on any atom is 0.227 e. The summed E-state index contributed by atoms with van der Waals surface area (Å²) in [4.78, 5) is 40.5. The molecule has 29 heavy (non-hydrogen) atoms. The Morgan fingerprint density at radius 2 is 1.76 bits per heavy atom. The second-order valence-electron chi connectivity index (χ2n) is 9.41. The number of likely N-dealkylation sites (tertiary alicyclic amines) is 1. The Kier molecular flexibility index (Phi) is 5.34. The zero-order chi connectivity index (χ0) is 21.6. The SMILES string of the molecule is CC#Cc1cc(C)c(C2C(=O)CC3(CC2=O)CN(C(=O)C(C)(C)C)C3)c(OC)c1. The highest BCUT2D eigenvalue weighted by molar-refractivity contribution is 6.11. The van der Waals surface area contributed by atoms with Crippen LogP contribution in [-0.2, 0) is 14.4 Å². The Balaban J connectivity index is 1.84. The normalized spacial score (nSPS) is 18.9. The maximum absolute atomic E-state index is 13.1. The second kappa shape index (κ2) is 7.33. The number of ether oxygens (including phenoxy) is 1. The van der Waals surface area contributed by atoms with Crippen LogP contribution in [0.25, 0.3) is 0 Å². The topological polar surface area (TPSA) is 63.7 Å². The highest BCUT2D eigenvalue weighted by Crippen LogP contribution is 2.47. The first-order chi connectivity index (χ1) is 13.5. The minimum absolute atomic E-state index is 0.0651. The first-order valence-electron chi connectivity index (χ1n) is 9.97. The third kappa shape index (κ3) is 3.81. The first kappa shape index (κ1) is 21.1. The number of ketones is 2. The van der Waals surface area contributed by atoms with Crippen LogP contribution >= 0.6 is 0 Å². The van der Waals surface area contributed by atoms with E-state index >= 15 is 0 Å². The fourth-order valence-electron chi connectivity index (χ4n) is 4.63. The number of carbonyl (C=O) groups is 3. The average Bonchev–Trinajstić information content (AvgIpc) is 2.59. The molecule has 0 N–H and O–H groups in total. The predicted octanol–water partition coefficient (Wildman–Crippen LogP) is 3.27. The van der Waals surface area contributed by atoms with E-state index in [1.165, 1.54) is 0 Å². The molecule has 1 aromatic carbocycles. The number of hydrogen-bond donors (Lipinski definition) is 0. The van der Waals surface area contributed by atoms with Crippen LogP contribution in [0, 0.1) is 29.6 Å². The summed E-state index contributed by atoms with van der Waals surface area (Å²) < 4.78 is 5.52. The van der Waals surface area contributed by atoms with E-state index in [2.05, 4.69) is 11.8 Å². The molecule has 3 rings (SSSR count). The standard InChI is InChI=1S/C24H29NO4/c1-7-8-16-9-15(2)20(19(10-16)29-6)21-17(26)11-24(12-18(21)27)13-25(14-24)22(28)23(3,4)5/h9-10,21H,11-14H2,1-6H3. The van der Waals surface area contributed by atoms with Crippen molar-refractivity contribution in [3.63, 3.8) is 0 Å². The van der Waals surface area contributed by atoms with Gasteiger partial charge in [-0.25, -0.2) is 0 Å². The largest absolute Gasteiger partial charge is 0.496 e. The maximum atomic E-state index is 13.1. The smallest absolute Gasteiger partial charge is 0.227 e. The molecule has 1 saturated carbocycles. The van der Waals surface area contributed by atoms with Gasteiger partial charge in [0.2, 0.25) is 5.91 Å². The minimum atomic E-state index is -0.799. The fourth-order valence-corrected chi connectivity index (χ4v) is 4.63. The van der Waals surface area contributed by atoms with Gasteiger partial charge in [-0.3, -0.25) is 14.4 Å². The minimum Gasteiger partial charge on any atom is -0.496 e. The van der Waals surface area contributed by atoms with Crippen molar-refractivity contribution in [1.82, 2.24) is 4.90 Å². The van der Waals surface area contributed by atoms with E-state index < -0.39 is 16.7 Å². The summed E-state index contributed by atoms with van der Waals surface area (Å²) in [5.74, 6) is 5.48. The Morgan fingerprint density at radius 1 is 1.17 bits per heavy atom. The molecule has 1 aromatic rings. The van der Waals surface area contributed by atoms with E-state index in [4.69, 9.17) is 4.74 Å². The summed E-state index contributed by atoms with van der Waals surface area (Å²) in [6.07, 6.45) is 0.632. The number of amides is 1. The molecule has 0 atom stereocenters. The van der Waals surface area contributed by atoms with Gasteiger partial charge in [0.15, 0.2) is 0 Å². The molecule has 5 nitrogen and oxygen atoms in total. The number of nitrogens with zero attached hydrogens (tertiary/aromatic N) is 1. The highest BCUT2D eigenvalue weighted by atomic mass is 16.5. The van der Waals surface area contributed by atoms with E-state index in [-0.39, 0.29) is 17.5 Å². The van der Waals surface area contributed by atoms with Gasteiger partial charge < -0.3 is 9.64 Å². The zero-order valence-corrected chi connectivity index (χ0v) is 18.1. The Labute approximate surface area is 172 Å². The number of rotatable bonds is 2. The third-order valence-corrected chi connectivity index (χ3v) is 5.85. The van der Waals surface area contributed by atoms with Gasteiger partial charge in [-0.15, -0.1) is 5.92 Å². The van der Waals surface area contributed by atoms with Crippen LogP contribution in [0.2, 0.25) is 0 Å². The highest BCUT2D eigenvalue weighted by Gasteiger charge is 2.54. The van der Waals surface area contributed by atoms with Crippen molar-refractivity contribution < 1.29 is 19.1 Å². The Hall–Kier alpha value is -2.61. The molecule has 0 radical (unpaired) electrons. The molecule has 0 unspecified atom stereocenters. The number of methoxy groups -OCH3 is 1. The average molecular weight is 395 g/mol. The van der Waals surface area contributed by atoms with Crippen molar-refractivity contribution in [3.05, 3.63) is 28.8 Å². The van der Waals surface area contributed by atoms with Gasteiger partial charge in [0.1, 0.15) is 23.2 Å². The number of carbonyl (C=O) groups excluding carboxylic acids is 3. The molecule has 1 heterocycles. The molecule has 1 saturated heterocycles. The molecule has 0 aromatic heterocycles. The lowest BCUT2D eigenvalue weighted by Crippen LogP contribution is -2.63. The van der Waals surface area contributed by atoms with Crippen molar-refractivity contribution in [2.75, 3.05) is 20.2 Å². The molecule has 5 heteroatoms. The lowest BCUT2D eigenvalue weighted by Gasteiger charge is -2.53. The van der Waals surface area contributed by atoms with Crippen molar-refractivity contribution in [2.24, 2.45) is 10.8 Å². The summed E-state index contributed by atoms with van der Waals surface area (Å²) >= 11 is 0. The molecule has 1 aliphatic heterocycles. The first-order valence-corrected chi connectivity index (χ1v) is 9.97. The van der Waals surface area contributed by atoms with Crippen LogP contribution in [0.4, 0.5) is 0 Å². The van der Waals surface area contributed by atoms with E-state index in [0.717, 1.165) is 11.1 Å². The zero-order valence-electron chi connectivity index (χ0n) is 18.1. The van der Waals surface area contributed by atoms with Crippen LogP contribution in [0.1, 0.15) is 63.1 Å². The molecule has 1 aliphatic carbocycles. The van der Waals surface area contributed by atoms with Gasteiger partial charge in [-0.05, 0) is 31.5 Å². The van der Waals surface area contributed by atoms with Crippen LogP contribution in [0.3, 0.4) is 0 Å². The van der Waals surface area contributed by atoms with Crippen molar-refractivity contribution in [3.8, 4) is 17.6 Å². The number of hydrogen-bond acceptors (Lipinski definition) is 4. The molecule has 1 spiro atoms. The monoisotopic (exact) mass is 395 g/mol. The van der Waals surface area contributed by atoms with Crippen LogP contribution < -0.4 is 4.74 Å². The third-order valence-electron chi connectivity index (χ3n) is 5.85. The van der Waals surface area contributed by atoms with Crippen molar-refractivity contribution >= 4 is 17.5 Å². The van der Waals surface area contributed by atoms with Gasteiger partial charge in [0, 0.05) is 47.9 Å². The van der Waals surface area contributed by atoms with Crippen LogP contribution in [0.15, 0.2) is 12.1 Å². The van der Waals surface area contributed by atoms with Gasteiger partial charge in [0.25, 0.3) is 0 Å². The van der Waals surface area contributed by atoms with E-state index in [0.29, 0.717) is 37.2 Å². The predicted molar refractivity (Wildman–Crippen MR) is 111 cm³/mol. The molecule has 154 valence electrons. The fraction of sp³-hybridized carbons (Fsp3) is 0.542. The van der Waals surface area contributed by atoms with E-state index in [9.17, 15) is 14.4 Å². The molecular weight excluding hydrogens is 366 g/mol. The summed E-state index contributed by atoms with van der Waals surface area (Å²) in [5, 5.41) is 0. The number of Topliss-reactive ketones (excluding diaryl/α,β-unsaturated/α-hetero) is 2. The van der Waals surface area contributed by atoms with Gasteiger partial charge in [0.05, 0.1) is 7.11 Å². The van der Waals surface area contributed by atoms with E-state index in [1.807, 2.05) is 33.8 Å². The van der Waals surface area contributed by atoms with Crippen LogP contribution in [-0.4, -0.2) is 42.6 Å². The lowest BCUT2D eigenvalue weighted by atomic mass is 9.63. The summed E-state index contributed by atoms with van der Waals surface area (Å²) in [7, 11) is 1.54. The second-order valence-corrected chi connectivity index (χ2v) is 9.41. The summed E-state index contributed by atoms with van der Waals surface area (Å²) in [6.45, 7) is 10.3. The molecule has 2 fully saturated rings. The van der Waals surface area contributed by atoms with Crippen molar-refractivity contribution in [2.45, 2.75) is 53.4 Å². The van der Waals surface area contributed by atoms with Gasteiger partial charge in [-0.1, -0.05) is 26.7 Å². The van der Waals surface area contributed by atoms with Gasteiger partial charge >= 0.3 is 0 Å². The number of benzene rings is 1. The molecule has 1 amide bonds. The van der Waals surface area contributed by atoms with E-state index in [1.54, 1.807) is 25.0 Å². The quantitative estimate of drug-likeness (QED) is 0.570. The Morgan fingerprint density at radius 3 is 2.24 bits per heavy atom. The van der Waals surface area contributed by atoms with Crippen molar-refractivity contribution in [1.29, 1.82) is 0 Å². The molecular formula is C24H29NO4. The molecule has 0 bridgehead atoms. The summed E-state index contributed by atoms with van der Waals surface area (Å²) in [6, 6.07) is 3.68. The Bertz CT molecular complexity index is 916. The lowest BCUT2D eigenvalue weighted by molar-refractivity contribution is -0.160. The summed E-state index contributed by atoms with van der Waals surface area (Å²) in [5.41, 5.74) is 1.43. The number of aryl methyl sites for hydroxylation is 1. The van der Waals surface area contributed by atoms with Gasteiger partial charge in [-0.2, -0.15) is 0 Å². The van der Waals surface area contributed by atoms with Crippen LogP contribution in [0.5, 0.6) is 5.75 Å². The molecule has 2 aliphatic rings.